The zero-order valence-electron chi connectivity index (χ0n) is 14.4. The first-order valence-corrected chi connectivity index (χ1v) is 8.41. The van der Waals surface area contributed by atoms with Crippen molar-refractivity contribution in [2.75, 3.05) is 11.4 Å². The van der Waals surface area contributed by atoms with Crippen LogP contribution in [0.2, 0.25) is 0 Å². The molecule has 0 aliphatic rings. The lowest BCUT2D eigenvalue weighted by molar-refractivity contribution is -0.119. The van der Waals surface area contributed by atoms with Crippen LogP contribution >= 0.6 is 0 Å². The van der Waals surface area contributed by atoms with Gasteiger partial charge in [0.15, 0.2) is 0 Å². The fourth-order valence-corrected chi connectivity index (χ4v) is 2.57. The van der Waals surface area contributed by atoms with Crippen molar-refractivity contribution in [2.24, 2.45) is 5.73 Å². The number of primary amides is 1. The molecule has 0 saturated heterocycles. The Morgan fingerprint density at radius 1 is 0.960 bits per heavy atom. The second kappa shape index (κ2) is 8.97. The van der Waals surface area contributed by atoms with Gasteiger partial charge in [-0.1, -0.05) is 31.2 Å². The molecule has 0 aromatic heterocycles. The molecular weight excluding hydrogens is 319 g/mol. The van der Waals surface area contributed by atoms with Gasteiger partial charge in [-0.25, -0.2) is 4.39 Å². The van der Waals surface area contributed by atoms with Gasteiger partial charge < -0.3 is 10.6 Å². The lowest BCUT2D eigenvalue weighted by Gasteiger charge is -2.22. The molecule has 0 spiro atoms. The summed E-state index contributed by atoms with van der Waals surface area (Å²) in [5.74, 6) is -0.968. The van der Waals surface area contributed by atoms with Crippen LogP contribution in [-0.2, 0) is 22.4 Å². The molecule has 0 unspecified atom stereocenters. The zero-order chi connectivity index (χ0) is 18.2. The minimum atomic E-state index is -0.477. The van der Waals surface area contributed by atoms with Crippen molar-refractivity contribution in [3.8, 4) is 0 Å². The van der Waals surface area contributed by atoms with Crippen LogP contribution in [-0.4, -0.2) is 18.4 Å². The minimum absolute atomic E-state index is 0.0638. The molecule has 5 heteroatoms. The number of rotatable bonds is 8. The van der Waals surface area contributed by atoms with E-state index in [0.29, 0.717) is 18.5 Å². The Morgan fingerprint density at radius 2 is 1.56 bits per heavy atom. The van der Waals surface area contributed by atoms with Crippen LogP contribution in [0.1, 0.15) is 30.9 Å². The molecule has 2 amide bonds. The molecule has 0 heterocycles. The summed E-state index contributed by atoms with van der Waals surface area (Å²) < 4.78 is 13.1. The monoisotopic (exact) mass is 342 g/mol. The molecule has 0 aliphatic heterocycles. The molecule has 2 aromatic rings. The Hall–Kier alpha value is -2.69. The van der Waals surface area contributed by atoms with Crippen molar-refractivity contribution >= 4 is 17.5 Å². The maximum absolute atomic E-state index is 13.1. The van der Waals surface area contributed by atoms with Crippen LogP contribution in [0.3, 0.4) is 0 Å². The maximum atomic E-state index is 13.1. The molecule has 0 bridgehead atoms. The largest absolute Gasteiger partial charge is 0.370 e. The Bertz CT molecular complexity index is 711. The predicted molar refractivity (Wildman–Crippen MR) is 96.7 cm³/mol. The van der Waals surface area contributed by atoms with Gasteiger partial charge in [0.25, 0.3) is 0 Å². The molecule has 132 valence electrons. The third-order valence-electron chi connectivity index (χ3n) is 4.08. The molecule has 0 fully saturated rings. The molecular formula is C20H23FN2O2. The first-order chi connectivity index (χ1) is 12.0. The Balaban J connectivity index is 2.05. The van der Waals surface area contributed by atoms with Gasteiger partial charge in [-0.2, -0.15) is 0 Å². The zero-order valence-corrected chi connectivity index (χ0v) is 14.4. The minimum Gasteiger partial charge on any atom is -0.370 e. The van der Waals surface area contributed by atoms with Gasteiger partial charge in [-0.05, 0) is 48.2 Å². The van der Waals surface area contributed by atoms with E-state index in [2.05, 4.69) is 19.1 Å². The number of halogens is 1. The van der Waals surface area contributed by atoms with Crippen LogP contribution in [0, 0.1) is 5.82 Å². The highest BCUT2D eigenvalue weighted by atomic mass is 19.1. The van der Waals surface area contributed by atoms with Crippen molar-refractivity contribution in [1.29, 1.82) is 0 Å². The number of benzene rings is 2. The predicted octanol–water partition coefficient (Wildman–Crippen LogP) is 3.23. The van der Waals surface area contributed by atoms with Crippen LogP contribution in [0.15, 0.2) is 48.5 Å². The van der Waals surface area contributed by atoms with E-state index < -0.39 is 5.91 Å². The number of nitrogens with zero attached hydrogens (tertiary/aromatic N) is 1. The summed E-state index contributed by atoms with van der Waals surface area (Å²) in [6.45, 7) is 2.28. The molecule has 0 radical (unpaired) electrons. The molecule has 25 heavy (non-hydrogen) atoms. The van der Waals surface area contributed by atoms with Crippen molar-refractivity contribution in [1.82, 2.24) is 0 Å². The normalized spacial score (nSPS) is 10.5. The number of nitrogens with two attached hydrogens (primary N) is 1. The van der Waals surface area contributed by atoms with Crippen molar-refractivity contribution in [3.05, 3.63) is 65.5 Å². The second-order valence-corrected chi connectivity index (χ2v) is 5.91. The summed E-state index contributed by atoms with van der Waals surface area (Å²) in [5, 5.41) is 0. The van der Waals surface area contributed by atoms with Gasteiger partial charge in [-0.3, -0.25) is 9.59 Å². The van der Waals surface area contributed by atoms with E-state index in [1.165, 1.54) is 34.7 Å². The van der Waals surface area contributed by atoms with Crippen LogP contribution < -0.4 is 10.6 Å². The maximum Gasteiger partial charge on any atom is 0.227 e. The Labute approximate surface area is 147 Å². The van der Waals surface area contributed by atoms with Crippen molar-refractivity contribution in [2.45, 2.75) is 32.6 Å². The fourth-order valence-electron chi connectivity index (χ4n) is 2.57. The van der Waals surface area contributed by atoms with E-state index in [-0.39, 0.29) is 24.7 Å². The van der Waals surface area contributed by atoms with E-state index in [4.69, 9.17) is 5.73 Å². The van der Waals surface area contributed by atoms with E-state index in [9.17, 15) is 14.0 Å². The summed E-state index contributed by atoms with van der Waals surface area (Å²) in [4.78, 5) is 25.2. The molecule has 2 aromatic carbocycles. The number of anilines is 1. The molecule has 0 saturated carbocycles. The number of hydrogen-bond donors (Lipinski definition) is 1. The quantitative estimate of drug-likeness (QED) is 0.800. The van der Waals surface area contributed by atoms with Crippen LogP contribution in [0.25, 0.3) is 0 Å². The average Bonchev–Trinajstić information content (AvgIpc) is 2.61. The van der Waals surface area contributed by atoms with Gasteiger partial charge >= 0.3 is 0 Å². The van der Waals surface area contributed by atoms with E-state index in [1.807, 2.05) is 12.1 Å². The highest BCUT2D eigenvalue weighted by molar-refractivity contribution is 5.94. The average molecular weight is 342 g/mol. The van der Waals surface area contributed by atoms with Gasteiger partial charge in [0, 0.05) is 25.1 Å². The number of hydrogen-bond acceptors (Lipinski definition) is 2. The molecule has 0 atom stereocenters. The van der Waals surface area contributed by atoms with Gasteiger partial charge in [-0.15, -0.1) is 0 Å². The van der Waals surface area contributed by atoms with E-state index >= 15 is 0 Å². The molecule has 4 nitrogen and oxygen atoms in total. The summed E-state index contributed by atoms with van der Waals surface area (Å²) in [6, 6.07) is 13.8. The molecule has 2 N–H and O–H groups in total. The third-order valence-corrected chi connectivity index (χ3v) is 4.08. The number of carbonyl (C=O) groups excluding carboxylic acids is 2. The van der Waals surface area contributed by atoms with Gasteiger partial charge in [0.05, 0.1) is 0 Å². The first-order valence-electron chi connectivity index (χ1n) is 8.41. The smallest absolute Gasteiger partial charge is 0.227 e. The third kappa shape index (κ3) is 5.71. The fraction of sp³-hybridized carbons (Fsp3) is 0.300. The number of amides is 2. The van der Waals surface area contributed by atoms with Crippen molar-refractivity contribution < 1.29 is 14.0 Å². The Morgan fingerprint density at radius 3 is 2.12 bits per heavy atom. The van der Waals surface area contributed by atoms with Crippen LogP contribution in [0.5, 0.6) is 0 Å². The second-order valence-electron chi connectivity index (χ2n) is 5.91. The van der Waals surface area contributed by atoms with Gasteiger partial charge in [0.2, 0.25) is 11.8 Å². The molecule has 0 aliphatic carbocycles. The topological polar surface area (TPSA) is 63.4 Å². The van der Waals surface area contributed by atoms with Crippen molar-refractivity contribution in [3.63, 3.8) is 0 Å². The summed E-state index contributed by atoms with van der Waals surface area (Å²) in [5.41, 5.74) is 8.10. The van der Waals surface area contributed by atoms with E-state index in [1.54, 1.807) is 0 Å². The highest BCUT2D eigenvalue weighted by Crippen LogP contribution is 2.17. The van der Waals surface area contributed by atoms with Gasteiger partial charge in [0.1, 0.15) is 5.82 Å². The molecule has 2 rings (SSSR count). The highest BCUT2D eigenvalue weighted by Gasteiger charge is 2.16. The summed E-state index contributed by atoms with van der Waals surface area (Å²) >= 11 is 0. The SMILES string of the molecule is CCc1ccc(CCC(=O)N(CCC(N)=O)c2ccc(F)cc2)cc1. The number of aryl methyl sites for hydroxylation is 2. The standard InChI is InChI=1S/C20H23FN2O2/c1-2-15-3-5-16(6-4-15)7-12-20(25)23(14-13-19(22)24)18-10-8-17(21)9-11-18/h3-6,8-11H,2,7,12-14H2,1H3,(H2,22,24). The lowest BCUT2D eigenvalue weighted by atomic mass is 10.1. The first kappa shape index (κ1) is 18.6. The van der Waals surface area contributed by atoms with Crippen LogP contribution in [0.4, 0.5) is 10.1 Å². The summed E-state index contributed by atoms with van der Waals surface area (Å²) in [6.07, 6.45) is 1.96. The van der Waals surface area contributed by atoms with E-state index in [0.717, 1.165) is 12.0 Å². The number of carbonyl (C=O) groups is 2. The lowest BCUT2D eigenvalue weighted by Crippen LogP contribution is -2.34. The summed E-state index contributed by atoms with van der Waals surface area (Å²) in [7, 11) is 0. The Kier molecular flexibility index (Phi) is 6.69.